The molecule has 1 N–H and O–H groups in total. The lowest BCUT2D eigenvalue weighted by molar-refractivity contribution is -0.133. The van der Waals surface area contributed by atoms with Gasteiger partial charge in [-0.3, -0.25) is 0 Å². The van der Waals surface area contributed by atoms with E-state index in [1.54, 1.807) is 18.2 Å². The first-order valence-corrected chi connectivity index (χ1v) is 5.34. The summed E-state index contributed by atoms with van der Waals surface area (Å²) in [5, 5.41) is 10.1. The Bertz CT molecular complexity index is 455. The second-order valence-electron chi connectivity index (χ2n) is 3.32. The molecule has 1 unspecified atom stereocenters. The molecule has 0 radical (unpaired) electrons. The number of benzene rings is 1. The number of aliphatic hydroxyl groups is 1. The van der Waals surface area contributed by atoms with Crippen LogP contribution in [0.25, 0.3) is 0 Å². The highest BCUT2D eigenvalue weighted by Gasteiger charge is 2.20. The molecule has 1 aromatic carbocycles. The van der Waals surface area contributed by atoms with Crippen LogP contribution in [-0.2, 0) is 15.1 Å². The lowest BCUT2D eigenvalue weighted by atomic mass is 9.97. The first-order valence-electron chi connectivity index (χ1n) is 4.55. The van der Waals surface area contributed by atoms with Crippen LogP contribution in [0, 0.1) is 11.8 Å². The van der Waals surface area contributed by atoms with Crippen LogP contribution in [0.15, 0.2) is 28.7 Å². The largest absolute Gasteiger partial charge is 0.459 e. The number of esters is 1. The molecular formula is C12H11BrO3. The number of rotatable bonds is 1. The normalized spacial score (nSPS) is 13.2. The zero-order valence-corrected chi connectivity index (χ0v) is 10.5. The molecule has 0 aliphatic heterocycles. The molecule has 0 amide bonds. The molecule has 0 fully saturated rings. The Labute approximate surface area is 103 Å². The van der Waals surface area contributed by atoms with Gasteiger partial charge in [0.05, 0.1) is 7.11 Å². The average molecular weight is 283 g/mol. The van der Waals surface area contributed by atoms with Crippen LogP contribution >= 0.6 is 15.9 Å². The number of hydrogen-bond acceptors (Lipinski definition) is 3. The minimum absolute atomic E-state index is 0.610. The predicted octanol–water partition coefficient (Wildman–Crippen LogP) is 1.83. The van der Waals surface area contributed by atoms with Gasteiger partial charge in [0.1, 0.15) is 5.60 Å². The first kappa shape index (κ1) is 12.8. The van der Waals surface area contributed by atoms with Crippen molar-refractivity contribution in [2.45, 2.75) is 12.5 Å². The molecule has 1 atom stereocenters. The van der Waals surface area contributed by atoms with Gasteiger partial charge in [-0.25, -0.2) is 4.79 Å². The minimum atomic E-state index is -1.38. The zero-order valence-electron chi connectivity index (χ0n) is 8.95. The lowest BCUT2D eigenvalue weighted by Crippen LogP contribution is -2.19. The third-order valence-electron chi connectivity index (χ3n) is 1.98. The number of carbonyl (C=O) groups is 1. The van der Waals surface area contributed by atoms with Crippen LogP contribution in [0.3, 0.4) is 0 Å². The smallest absolute Gasteiger partial charge is 0.384 e. The first-order chi connectivity index (χ1) is 7.45. The van der Waals surface area contributed by atoms with Crippen LogP contribution in [0.2, 0.25) is 0 Å². The van der Waals surface area contributed by atoms with E-state index in [-0.39, 0.29) is 0 Å². The highest BCUT2D eigenvalue weighted by molar-refractivity contribution is 9.10. The van der Waals surface area contributed by atoms with Crippen LogP contribution < -0.4 is 0 Å². The fourth-order valence-electron chi connectivity index (χ4n) is 1.09. The van der Waals surface area contributed by atoms with Gasteiger partial charge in [-0.2, -0.15) is 0 Å². The number of hydrogen-bond donors (Lipinski definition) is 1. The average Bonchev–Trinajstić information content (AvgIpc) is 2.26. The van der Waals surface area contributed by atoms with E-state index in [1.807, 2.05) is 6.07 Å². The summed E-state index contributed by atoms with van der Waals surface area (Å²) in [7, 11) is 1.24. The van der Waals surface area contributed by atoms with E-state index in [4.69, 9.17) is 0 Å². The summed E-state index contributed by atoms with van der Waals surface area (Å²) >= 11 is 3.30. The Morgan fingerprint density at radius 3 is 2.81 bits per heavy atom. The maximum atomic E-state index is 10.8. The molecule has 0 spiro atoms. The predicted molar refractivity (Wildman–Crippen MR) is 63.5 cm³/mol. The van der Waals surface area contributed by atoms with Crippen molar-refractivity contribution in [3.05, 3.63) is 34.3 Å². The van der Waals surface area contributed by atoms with E-state index < -0.39 is 11.6 Å². The lowest BCUT2D eigenvalue weighted by Gasteiger charge is -2.16. The maximum Gasteiger partial charge on any atom is 0.384 e. The Balaban J connectivity index is 3.00. The summed E-state index contributed by atoms with van der Waals surface area (Å²) in [4.78, 5) is 10.8. The van der Waals surface area contributed by atoms with Gasteiger partial charge in [-0.15, -0.1) is 0 Å². The highest BCUT2D eigenvalue weighted by Crippen LogP contribution is 2.22. The van der Waals surface area contributed by atoms with Gasteiger partial charge in [0, 0.05) is 10.4 Å². The van der Waals surface area contributed by atoms with Crippen molar-refractivity contribution >= 4 is 21.9 Å². The van der Waals surface area contributed by atoms with Gasteiger partial charge in [-0.05, 0) is 24.6 Å². The van der Waals surface area contributed by atoms with Crippen LogP contribution in [-0.4, -0.2) is 18.2 Å². The third-order valence-corrected chi connectivity index (χ3v) is 2.47. The van der Waals surface area contributed by atoms with E-state index in [9.17, 15) is 9.90 Å². The summed E-state index contributed by atoms with van der Waals surface area (Å²) in [5.74, 6) is 4.01. The van der Waals surface area contributed by atoms with Gasteiger partial charge in [0.15, 0.2) is 0 Å². The fraction of sp³-hybridized carbons (Fsp3) is 0.250. The van der Waals surface area contributed by atoms with Gasteiger partial charge in [-0.1, -0.05) is 34.0 Å². The standard InChI is InChI=1S/C12H11BrO3/c1-12(15,7-6-11(14)16-2)9-4-3-5-10(13)8-9/h3-5,8,15H,1-2H3. The van der Waals surface area contributed by atoms with Crippen LogP contribution in [0.4, 0.5) is 0 Å². The van der Waals surface area contributed by atoms with Gasteiger partial charge >= 0.3 is 5.97 Å². The molecule has 16 heavy (non-hydrogen) atoms. The molecule has 0 saturated carbocycles. The van der Waals surface area contributed by atoms with Crippen LogP contribution in [0.1, 0.15) is 12.5 Å². The molecule has 0 aliphatic rings. The molecule has 0 aromatic heterocycles. The Morgan fingerprint density at radius 1 is 1.56 bits per heavy atom. The molecule has 0 bridgehead atoms. The molecule has 3 nitrogen and oxygen atoms in total. The summed E-state index contributed by atoms with van der Waals surface area (Å²) in [5.41, 5.74) is -0.767. The van der Waals surface area contributed by atoms with Crippen LogP contribution in [0.5, 0.6) is 0 Å². The van der Waals surface area contributed by atoms with Crippen molar-refractivity contribution in [3.8, 4) is 11.8 Å². The molecule has 1 aromatic rings. The van der Waals surface area contributed by atoms with Crippen molar-refractivity contribution in [1.82, 2.24) is 0 Å². The summed E-state index contributed by atoms with van der Waals surface area (Å²) in [6.45, 7) is 1.52. The summed E-state index contributed by atoms with van der Waals surface area (Å²) < 4.78 is 5.21. The number of carbonyl (C=O) groups excluding carboxylic acids is 1. The van der Waals surface area contributed by atoms with Crippen molar-refractivity contribution < 1.29 is 14.6 Å². The second-order valence-corrected chi connectivity index (χ2v) is 4.24. The molecule has 1 rings (SSSR count). The molecule has 84 valence electrons. The van der Waals surface area contributed by atoms with E-state index in [0.29, 0.717) is 5.56 Å². The van der Waals surface area contributed by atoms with Crippen molar-refractivity contribution in [1.29, 1.82) is 0 Å². The monoisotopic (exact) mass is 282 g/mol. The van der Waals surface area contributed by atoms with Gasteiger partial charge in [0.25, 0.3) is 0 Å². The SMILES string of the molecule is COC(=O)C#CC(C)(O)c1cccc(Br)c1. The Hall–Kier alpha value is -1.31. The minimum Gasteiger partial charge on any atom is -0.459 e. The van der Waals surface area contributed by atoms with E-state index in [1.165, 1.54) is 14.0 Å². The number of ether oxygens (including phenoxy) is 1. The number of methoxy groups -OCH3 is 1. The van der Waals surface area contributed by atoms with E-state index in [0.717, 1.165) is 4.47 Å². The molecular weight excluding hydrogens is 272 g/mol. The Kier molecular flexibility index (Phi) is 4.11. The molecule has 0 aliphatic carbocycles. The Morgan fingerprint density at radius 2 is 2.25 bits per heavy atom. The molecule has 4 heteroatoms. The maximum absolute atomic E-state index is 10.8. The summed E-state index contributed by atoms with van der Waals surface area (Å²) in [6.07, 6.45) is 0. The summed E-state index contributed by atoms with van der Waals surface area (Å²) in [6, 6.07) is 7.10. The van der Waals surface area contributed by atoms with Crippen molar-refractivity contribution in [2.75, 3.05) is 7.11 Å². The topological polar surface area (TPSA) is 46.5 Å². The third kappa shape index (κ3) is 3.37. The van der Waals surface area contributed by atoms with Gasteiger partial charge < -0.3 is 9.84 Å². The molecule has 0 heterocycles. The number of halogens is 1. The highest BCUT2D eigenvalue weighted by atomic mass is 79.9. The fourth-order valence-corrected chi connectivity index (χ4v) is 1.49. The quantitative estimate of drug-likeness (QED) is 0.486. The van der Waals surface area contributed by atoms with E-state index in [2.05, 4.69) is 32.5 Å². The molecule has 0 saturated heterocycles. The van der Waals surface area contributed by atoms with Crippen molar-refractivity contribution in [2.24, 2.45) is 0 Å². The van der Waals surface area contributed by atoms with Crippen molar-refractivity contribution in [3.63, 3.8) is 0 Å². The van der Waals surface area contributed by atoms with E-state index >= 15 is 0 Å². The second kappa shape index (κ2) is 5.15. The van der Waals surface area contributed by atoms with Gasteiger partial charge in [0.2, 0.25) is 0 Å². The zero-order chi connectivity index (χ0) is 12.2.